The van der Waals surface area contributed by atoms with Crippen molar-refractivity contribution in [1.29, 1.82) is 0 Å². The maximum absolute atomic E-state index is 12.4. The number of carbonyl (C=O) groups excluding carboxylic acids is 2. The van der Waals surface area contributed by atoms with Gasteiger partial charge in [-0.2, -0.15) is 13.2 Å². The molecule has 1 rings (SSSR count). The van der Waals surface area contributed by atoms with Crippen molar-refractivity contribution in [2.75, 3.05) is 11.9 Å². The van der Waals surface area contributed by atoms with Gasteiger partial charge in [-0.15, -0.1) is 0 Å². The minimum absolute atomic E-state index is 0.0667. The first-order chi connectivity index (χ1) is 9.32. The van der Waals surface area contributed by atoms with Crippen LogP contribution in [0.25, 0.3) is 0 Å². The number of amides is 3. The summed E-state index contributed by atoms with van der Waals surface area (Å²) in [6.45, 7) is 1.69. The van der Waals surface area contributed by atoms with Gasteiger partial charge in [-0.25, -0.2) is 20.4 Å². The van der Waals surface area contributed by atoms with Gasteiger partial charge in [0.25, 0.3) is 0 Å². The number of halogens is 3. The predicted molar refractivity (Wildman–Crippen MR) is 63.8 cm³/mol. The molecule has 0 atom stereocenters. The molecule has 0 bridgehead atoms. The van der Waals surface area contributed by atoms with E-state index in [-0.39, 0.29) is 12.3 Å². The van der Waals surface area contributed by atoms with Crippen LogP contribution in [0.15, 0.2) is 24.3 Å². The molecule has 0 heterocycles. The van der Waals surface area contributed by atoms with E-state index in [4.69, 9.17) is 0 Å². The predicted octanol–water partition coefficient (Wildman–Crippen LogP) is 2.49. The molecule has 20 heavy (non-hydrogen) atoms. The molecule has 0 saturated heterocycles. The smallest absolute Gasteiger partial charge is 0.426 e. The fraction of sp³-hybridized carbons (Fsp3) is 0.273. The normalized spacial score (nSPS) is 10.6. The van der Waals surface area contributed by atoms with Gasteiger partial charge in [0.2, 0.25) is 0 Å². The monoisotopic (exact) mass is 291 g/mol. The topological polar surface area (TPSA) is 79.5 Å². The summed E-state index contributed by atoms with van der Waals surface area (Å²) in [7, 11) is 0. The van der Waals surface area contributed by atoms with Crippen LogP contribution in [0.1, 0.15) is 12.5 Å². The van der Waals surface area contributed by atoms with E-state index in [1.807, 2.05) is 10.9 Å². The van der Waals surface area contributed by atoms with Crippen molar-refractivity contribution in [3.8, 4) is 0 Å². The molecule has 1 aromatic rings. The number of hydrogen-bond donors (Lipinski definition) is 3. The molecule has 3 N–H and O–H groups in total. The van der Waals surface area contributed by atoms with E-state index in [0.29, 0.717) is 0 Å². The van der Waals surface area contributed by atoms with Gasteiger partial charge in [0.05, 0.1) is 12.2 Å². The Morgan fingerprint density at radius 1 is 1.25 bits per heavy atom. The summed E-state index contributed by atoms with van der Waals surface area (Å²) in [5.41, 5.74) is 2.86. The van der Waals surface area contributed by atoms with E-state index in [1.54, 1.807) is 6.92 Å². The zero-order chi connectivity index (χ0) is 15.2. The Kier molecular flexibility index (Phi) is 5.18. The van der Waals surface area contributed by atoms with E-state index in [1.165, 1.54) is 6.07 Å². The largest absolute Gasteiger partial charge is 0.449 e. The maximum Gasteiger partial charge on any atom is 0.426 e. The Bertz CT molecular complexity index is 491. The van der Waals surface area contributed by atoms with Gasteiger partial charge in [0, 0.05) is 5.69 Å². The van der Waals surface area contributed by atoms with Gasteiger partial charge in [-0.05, 0) is 25.1 Å². The molecule has 0 saturated carbocycles. The number of ether oxygens (including phenoxy) is 1. The molecule has 0 aliphatic rings. The Labute approximate surface area is 112 Å². The Hall–Kier alpha value is -2.45. The molecule has 0 aliphatic heterocycles. The molecule has 110 valence electrons. The summed E-state index contributed by atoms with van der Waals surface area (Å²) in [4.78, 5) is 22.2. The van der Waals surface area contributed by atoms with Gasteiger partial charge in [-0.1, -0.05) is 6.07 Å². The number of alkyl halides is 3. The SMILES string of the molecule is CCOC(=O)NNC(=O)Nc1cccc(C(F)(F)F)c1. The van der Waals surface area contributed by atoms with Crippen LogP contribution in [-0.4, -0.2) is 18.7 Å². The second-order valence-corrected chi connectivity index (χ2v) is 3.50. The number of rotatable bonds is 2. The minimum Gasteiger partial charge on any atom is -0.449 e. The molecule has 6 nitrogen and oxygen atoms in total. The summed E-state index contributed by atoms with van der Waals surface area (Å²) >= 11 is 0. The van der Waals surface area contributed by atoms with E-state index in [9.17, 15) is 22.8 Å². The average molecular weight is 291 g/mol. The standard InChI is InChI=1S/C11H12F3N3O3/c1-2-20-10(19)17-16-9(18)15-8-5-3-4-7(6-8)11(12,13)14/h3-6H,2H2,1H3,(H,17,19)(H2,15,16,18). The molecular weight excluding hydrogens is 279 g/mol. The summed E-state index contributed by atoms with van der Waals surface area (Å²) in [6, 6.07) is 3.16. The van der Waals surface area contributed by atoms with Gasteiger partial charge in [-0.3, -0.25) is 0 Å². The molecule has 0 aliphatic carbocycles. The van der Waals surface area contributed by atoms with Gasteiger partial charge >= 0.3 is 18.3 Å². The third-order valence-electron chi connectivity index (χ3n) is 2.00. The summed E-state index contributed by atoms with van der Waals surface area (Å²) < 4.78 is 41.8. The summed E-state index contributed by atoms with van der Waals surface area (Å²) in [5, 5.41) is 2.13. The Balaban J connectivity index is 2.56. The van der Waals surface area contributed by atoms with E-state index >= 15 is 0 Å². The van der Waals surface area contributed by atoms with E-state index in [2.05, 4.69) is 10.1 Å². The van der Waals surface area contributed by atoms with Crippen molar-refractivity contribution in [3.05, 3.63) is 29.8 Å². The Morgan fingerprint density at radius 2 is 1.95 bits per heavy atom. The van der Waals surface area contributed by atoms with Crippen LogP contribution >= 0.6 is 0 Å². The molecule has 0 aromatic heterocycles. The van der Waals surface area contributed by atoms with Crippen LogP contribution in [0.4, 0.5) is 28.4 Å². The molecule has 9 heteroatoms. The molecule has 0 spiro atoms. The van der Waals surface area contributed by atoms with Crippen molar-refractivity contribution < 1.29 is 27.5 Å². The van der Waals surface area contributed by atoms with Crippen molar-refractivity contribution in [3.63, 3.8) is 0 Å². The van der Waals surface area contributed by atoms with Crippen LogP contribution in [0, 0.1) is 0 Å². The number of hydrogen-bond acceptors (Lipinski definition) is 3. The minimum atomic E-state index is -4.50. The fourth-order valence-electron chi connectivity index (χ4n) is 1.21. The lowest BCUT2D eigenvalue weighted by atomic mass is 10.2. The number of urea groups is 1. The third kappa shape index (κ3) is 5.04. The van der Waals surface area contributed by atoms with Gasteiger partial charge in [0.15, 0.2) is 0 Å². The van der Waals surface area contributed by atoms with Crippen molar-refractivity contribution in [1.82, 2.24) is 10.9 Å². The lowest BCUT2D eigenvalue weighted by Gasteiger charge is -2.11. The van der Waals surface area contributed by atoms with Crippen molar-refractivity contribution in [2.45, 2.75) is 13.1 Å². The van der Waals surface area contributed by atoms with Crippen LogP contribution in [0.3, 0.4) is 0 Å². The molecular formula is C11H12F3N3O3. The quantitative estimate of drug-likeness (QED) is 0.732. The van der Waals surface area contributed by atoms with Crippen LogP contribution in [0.2, 0.25) is 0 Å². The number of carbonyl (C=O) groups is 2. The van der Waals surface area contributed by atoms with E-state index < -0.39 is 23.9 Å². The third-order valence-corrected chi connectivity index (χ3v) is 2.00. The van der Waals surface area contributed by atoms with Gasteiger partial charge in [0.1, 0.15) is 0 Å². The fourth-order valence-corrected chi connectivity index (χ4v) is 1.21. The molecule has 3 amide bonds. The van der Waals surface area contributed by atoms with E-state index in [0.717, 1.165) is 18.2 Å². The Morgan fingerprint density at radius 3 is 2.55 bits per heavy atom. The first kappa shape index (κ1) is 15.6. The number of nitrogens with one attached hydrogen (secondary N) is 3. The zero-order valence-corrected chi connectivity index (χ0v) is 10.4. The zero-order valence-electron chi connectivity index (χ0n) is 10.4. The highest BCUT2D eigenvalue weighted by Crippen LogP contribution is 2.30. The average Bonchev–Trinajstić information content (AvgIpc) is 2.36. The molecule has 0 fully saturated rings. The second kappa shape index (κ2) is 6.64. The van der Waals surface area contributed by atoms with Crippen LogP contribution < -0.4 is 16.2 Å². The molecule has 0 radical (unpaired) electrons. The number of benzene rings is 1. The highest BCUT2D eigenvalue weighted by atomic mass is 19.4. The first-order valence-electron chi connectivity index (χ1n) is 5.50. The van der Waals surface area contributed by atoms with Crippen LogP contribution in [0.5, 0.6) is 0 Å². The second-order valence-electron chi connectivity index (χ2n) is 3.50. The van der Waals surface area contributed by atoms with Crippen molar-refractivity contribution >= 4 is 17.8 Å². The summed E-state index contributed by atoms with van der Waals surface area (Å²) in [5.74, 6) is 0. The number of anilines is 1. The first-order valence-corrected chi connectivity index (χ1v) is 5.50. The van der Waals surface area contributed by atoms with Gasteiger partial charge < -0.3 is 10.1 Å². The lowest BCUT2D eigenvalue weighted by Crippen LogP contribution is -2.44. The molecule has 0 unspecified atom stereocenters. The van der Waals surface area contributed by atoms with Crippen LogP contribution in [-0.2, 0) is 10.9 Å². The highest BCUT2D eigenvalue weighted by Gasteiger charge is 2.30. The summed E-state index contributed by atoms with van der Waals surface area (Å²) in [6.07, 6.45) is -5.39. The lowest BCUT2D eigenvalue weighted by molar-refractivity contribution is -0.137. The molecule has 1 aromatic carbocycles. The number of hydrazine groups is 1. The van der Waals surface area contributed by atoms with Crippen molar-refractivity contribution in [2.24, 2.45) is 0 Å². The maximum atomic E-state index is 12.4. The highest BCUT2D eigenvalue weighted by molar-refractivity contribution is 5.90.